The maximum absolute atomic E-state index is 12.7. The zero-order valence-corrected chi connectivity index (χ0v) is 20.4. The average molecular weight is 515 g/mol. The third kappa shape index (κ3) is 5.38. The minimum absolute atomic E-state index is 0.0657. The molecular formula is C25H20Cl2N2O4S. The minimum Gasteiger partial charge on any atom is -0.465 e. The molecule has 0 aromatic heterocycles. The van der Waals surface area contributed by atoms with Gasteiger partial charge in [-0.3, -0.25) is 9.59 Å². The SMILES string of the molecule is COC(=O)c1cc(NC(=O)c2ccc([C@@H]3SCC(=O)N3Cc3ccc(Cl)cc3)cc2)ccc1Cl. The van der Waals surface area contributed by atoms with Gasteiger partial charge in [0.25, 0.3) is 5.91 Å². The maximum atomic E-state index is 12.7. The van der Waals surface area contributed by atoms with Crippen LogP contribution in [0.2, 0.25) is 10.0 Å². The minimum atomic E-state index is -0.586. The monoisotopic (exact) mass is 514 g/mol. The zero-order chi connectivity index (χ0) is 24.2. The van der Waals surface area contributed by atoms with Crippen molar-refractivity contribution in [2.75, 3.05) is 18.2 Å². The molecule has 0 spiro atoms. The highest BCUT2D eigenvalue weighted by molar-refractivity contribution is 8.00. The fraction of sp³-hybridized carbons (Fsp3) is 0.160. The first-order chi connectivity index (χ1) is 16.4. The van der Waals surface area contributed by atoms with E-state index in [1.54, 1.807) is 30.0 Å². The van der Waals surface area contributed by atoms with E-state index in [9.17, 15) is 14.4 Å². The number of hydrogen-bond donors (Lipinski definition) is 1. The zero-order valence-electron chi connectivity index (χ0n) is 18.1. The largest absolute Gasteiger partial charge is 0.465 e. The second-order valence-electron chi connectivity index (χ2n) is 7.57. The van der Waals surface area contributed by atoms with Crippen molar-refractivity contribution in [3.63, 3.8) is 0 Å². The quantitative estimate of drug-likeness (QED) is 0.420. The Balaban J connectivity index is 1.47. The lowest BCUT2D eigenvalue weighted by atomic mass is 10.1. The van der Waals surface area contributed by atoms with Crippen LogP contribution in [0.3, 0.4) is 0 Å². The number of carbonyl (C=O) groups is 3. The molecule has 1 atom stereocenters. The summed E-state index contributed by atoms with van der Waals surface area (Å²) < 4.78 is 4.71. The number of rotatable bonds is 6. The van der Waals surface area contributed by atoms with E-state index in [4.69, 9.17) is 27.9 Å². The number of hydrogen-bond acceptors (Lipinski definition) is 5. The van der Waals surface area contributed by atoms with Crippen LogP contribution >= 0.6 is 35.0 Å². The van der Waals surface area contributed by atoms with Gasteiger partial charge in [-0.2, -0.15) is 0 Å². The molecule has 3 aromatic carbocycles. The topological polar surface area (TPSA) is 75.7 Å². The average Bonchev–Trinajstić information content (AvgIpc) is 3.21. The first kappa shape index (κ1) is 24.1. The summed E-state index contributed by atoms with van der Waals surface area (Å²) in [6.07, 6.45) is 0. The van der Waals surface area contributed by atoms with E-state index in [-0.39, 0.29) is 27.8 Å². The summed E-state index contributed by atoms with van der Waals surface area (Å²) in [4.78, 5) is 38.9. The van der Waals surface area contributed by atoms with Gasteiger partial charge in [-0.05, 0) is 53.6 Å². The molecule has 4 rings (SSSR count). The molecule has 1 fully saturated rings. The molecule has 0 aliphatic carbocycles. The molecule has 0 bridgehead atoms. The van der Waals surface area contributed by atoms with E-state index in [2.05, 4.69) is 5.32 Å². The Morgan fingerprint density at radius 2 is 1.76 bits per heavy atom. The Hall–Kier alpha value is -3.00. The molecule has 34 heavy (non-hydrogen) atoms. The van der Waals surface area contributed by atoms with E-state index in [0.717, 1.165) is 11.1 Å². The number of anilines is 1. The van der Waals surface area contributed by atoms with Crippen LogP contribution in [0.15, 0.2) is 66.7 Å². The lowest BCUT2D eigenvalue weighted by Gasteiger charge is -2.24. The highest BCUT2D eigenvalue weighted by atomic mass is 35.5. The molecule has 1 N–H and O–H groups in total. The molecule has 1 heterocycles. The third-order valence-electron chi connectivity index (χ3n) is 5.32. The van der Waals surface area contributed by atoms with Crippen molar-refractivity contribution in [1.82, 2.24) is 4.90 Å². The Bertz CT molecular complexity index is 1230. The second-order valence-corrected chi connectivity index (χ2v) is 9.49. The van der Waals surface area contributed by atoms with Gasteiger partial charge in [-0.1, -0.05) is 47.5 Å². The van der Waals surface area contributed by atoms with Gasteiger partial charge in [0, 0.05) is 22.8 Å². The number of thioether (sulfide) groups is 1. The van der Waals surface area contributed by atoms with Crippen LogP contribution in [0.1, 0.15) is 37.2 Å². The lowest BCUT2D eigenvalue weighted by Crippen LogP contribution is -2.27. The van der Waals surface area contributed by atoms with Crippen LogP contribution in [-0.2, 0) is 16.1 Å². The van der Waals surface area contributed by atoms with Crippen molar-refractivity contribution in [1.29, 1.82) is 0 Å². The van der Waals surface area contributed by atoms with Gasteiger partial charge in [0.15, 0.2) is 0 Å². The van der Waals surface area contributed by atoms with Crippen molar-refractivity contribution in [2.45, 2.75) is 11.9 Å². The Labute approximate surface area is 211 Å². The molecule has 6 nitrogen and oxygen atoms in total. The van der Waals surface area contributed by atoms with Crippen molar-refractivity contribution in [2.24, 2.45) is 0 Å². The summed E-state index contributed by atoms with van der Waals surface area (Å²) in [5.41, 5.74) is 2.96. The van der Waals surface area contributed by atoms with E-state index < -0.39 is 5.97 Å². The number of ether oxygens (including phenoxy) is 1. The molecule has 1 aliphatic rings. The van der Waals surface area contributed by atoms with Gasteiger partial charge in [0.05, 0.1) is 23.4 Å². The molecule has 0 saturated carbocycles. The summed E-state index contributed by atoms with van der Waals surface area (Å²) in [5, 5.41) is 3.51. The van der Waals surface area contributed by atoms with E-state index in [1.807, 2.05) is 41.3 Å². The van der Waals surface area contributed by atoms with Crippen LogP contribution in [0.25, 0.3) is 0 Å². The first-order valence-corrected chi connectivity index (χ1v) is 12.1. The molecule has 0 unspecified atom stereocenters. The van der Waals surface area contributed by atoms with Gasteiger partial charge < -0.3 is 15.0 Å². The molecule has 0 radical (unpaired) electrons. The maximum Gasteiger partial charge on any atom is 0.339 e. The predicted molar refractivity (Wildman–Crippen MR) is 134 cm³/mol. The highest BCUT2D eigenvalue weighted by Crippen LogP contribution is 2.39. The molecule has 9 heteroatoms. The highest BCUT2D eigenvalue weighted by Gasteiger charge is 2.32. The molecule has 3 aromatic rings. The van der Waals surface area contributed by atoms with Crippen LogP contribution in [0.5, 0.6) is 0 Å². The summed E-state index contributed by atoms with van der Waals surface area (Å²) in [5.74, 6) is -0.453. The van der Waals surface area contributed by atoms with Crippen molar-refractivity contribution in [3.05, 3.63) is 99.0 Å². The van der Waals surface area contributed by atoms with Crippen molar-refractivity contribution >= 4 is 58.4 Å². The predicted octanol–water partition coefficient (Wildman–Crippen LogP) is 5.81. The summed E-state index contributed by atoms with van der Waals surface area (Å²) in [6.45, 7) is 0.481. The number of esters is 1. The molecule has 2 amide bonds. The number of halogens is 2. The van der Waals surface area contributed by atoms with E-state index in [0.29, 0.717) is 28.6 Å². The molecule has 1 aliphatic heterocycles. The van der Waals surface area contributed by atoms with Gasteiger partial charge in [-0.15, -0.1) is 11.8 Å². The van der Waals surface area contributed by atoms with Crippen molar-refractivity contribution in [3.8, 4) is 0 Å². The van der Waals surface area contributed by atoms with Gasteiger partial charge in [0.2, 0.25) is 5.91 Å². The Morgan fingerprint density at radius 1 is 1.06 bits per heavy atom. The van der Waals surface area contributed by atoms with Crippen LogP contribution in [-0.4, -0.2) is 35.5 Å². The van der Waals surface area contributed by atoms with Gasteiger partial charge in [0.1, 0.15) is 5.37 Å². The normalized spacial score (nSPS) is 15.3. The number of carbonyl (C=O) groups excluding carboxylic acids is 3. The van der Waals surface area contributed by atoms with E-state index in [1.165, 1.54) is 19.2 Å². The lowest BCUT2D eigenvalue weighted by molar-refractivity contribution is -0.128. The Kier molecular flexibility index (Phi) is 7.46. The number of nitrogens with zero attached hydrogens (tertiary/aromatic N) is 1. The second kappa shape index (κ2) is 10.5. The summed E-state index contributed by atoms with van der Waals surface area (Å²) in [7, 11) is 1.26. The van der Waals surface area contributed by atoms with Crippen LogP contribution in [0, 0.1) is 0 Å². The fourth-order valence-corrected chi connectivity index (χ4v) is 5.07. The fourth-order valence-electron chi connectivity index (χ4n) is 3.56. The first-order valence-electron chi connectivity index (χ1n) is 10.3. The summed E-state index contributed by atoms with van der Waals surface area (Å²) >= 11 is 13.6. The van der Waals surface area contributed by atoms with Crippen LogP contribution in [0.4, 0.5) is 5.69 Å². The number of benzene rings is 3. The third-order valence-corrected chi connectivity index (χ3v) is 7.16. The number of amides is 2. The molecular weight excluding hydrogens is 495 g/mol. The number of nitrogens with one attached hydrogen (secondary N) is 1. The summed E-state index contributed by atoms with van der Waals surface area (Å²) in [6, 6.07) is 19.2. The smallest absolute Gasteiger partial charge is 0.339 e. The molecule has 1 saturated heterocycles. The van der Waals surface area contributed by atoms with Gasteiger partial charge >= 0.3 is 5.97 Å². The van der Waals surface area contributed by atoms with Crippen molar-refractivity contribution < 1.29 is 19.1 Å². The molecule has 174 valence electrons. The van der Waals surface area contributed by atoms with Crippen LogP contribution < -0.4 is 5.32 Å². The Morgan fingerprint density at radius 3 is 2.44 bits per heavy atom. The number of methoxy groups -OCH3 is 1. The van der Waals surface area contributed by atoms with E-state index >= 15 is 0 Å². The standard InChI is InChI=1S/C25H20Cl2N2O4S/c1-33-25(32)20-12-19(10-11-21(20)27)28-23(31)16-4-6-17(7-5-16)24-29(22(30)14-34-24)13-15-2-8-18(26)9-3-15/h2-12,24H,13-14H2,1H3,(H,28,31)/t24-/m0/s1. The van der Waals surface area contributed by atoms with Gasteiger partial charge in [-0.25, -0.2) is 4.79 Å².